The van der Waals surface area contributed by atoms with Crippen LogP contribution in [0, 0.1) is 0 Å². The number of nitrogens with two attached hydrogens (primary N) is 1. The zero-order valence-corrected chi connectivity index (χ0v) is 16.8. The van der Waals surface area contributed by atoms with Gasteiger partial charge in [0.25, 0.3) is 5.91 Å². The summed E-state index contributed by atoms with van der Waals surface area (Å²) in [7, 11) is 1.26. The number of para-hydroxylation sites is 1. The van der Waals surface area contributed by atoms with Crippen LogP contribution >= 0.6 is 11.3 Å². The van der Waals surface area contributed by atoms with Gasteiger partial charge in [-0.15, -0.1) is 0 Å². The first-order valence-electron chi connectivity index (χ1n) is 8.74. The van der Waals surface area contributed by atoms with Crippen molar-refractivity contribution in [2.45, 2.75) is 19.9 Å². The lowest BCUT2D eigenvalue weighted by Gasteiger charge is -2.11. The Hall–Kier alpha value is -3.46. The predicted octanol–water partition coefficient (Wildman–Crippen LogP) is 3.26. The number of hydrogen-bond acceptors (Lipinski definition) is 8. The molecule has 150 valence electrons. The van der Waals surface area contributed by atoms with Crippen molar-refractivity contribution in [3.63, 3.8) is 0 Å². The Labute approximate surface area is 171 Å². The summed E-state index contributed by atoms with van der Waals surface area (Å²) < 4.78 is 10.9. The highest BCUT2D eigenvalue weighted by Crippen LogP contribution is 2.26. The summed E-state index contributed by atoms with van der Waals surface area (Å²) in [5.41, 5.74) is 7.41. The molecule has 3 rings (SSSR count). The molecule has 0 spiro atoms. The number of aliphatic imine (C=N–C) groups is 1. The number of thiazole rings is 1. The Morgan fingerprint density at radius 3 is 2.76 bits per heavy atom. The quantitative estimate of drug-likeness (QED) is 0.349. The number of amides is 1. The first-order valence-corrected chi connectivity index (χ1v) is 9.55. The van der Waals surface area contributed by atoms with Crippen LogP contribution in [-0.4, -0.2) is 29.7 Å². The minimum Gasteiger partial charge on any atom is -0.469 e. The normalized spacial score (nSPS) is 12.6. The lowest BCUT2D eigenvalue weighted by Crippen LogP contribution is -2.25. The molecular formula is C20H20N4O4S. The number of hydrogen-bond donors (Lipinski definition) is 2. The number of aromatic nitrogens is 1. The smallest absolute Gasteiger partial charge is 0.311 e. The minimum absolute atomic E-state index is 0.0659. The number of rotatable bonds is 7. The van der Waals surface area contributed by atoms with Gasteiger partial charge in [-0.05, 0) is 31.2 Å². The summed E-state index contributed by atoms with van der Waals surface area (Å²) in [6.07, 6.45) is 1.31. The molecule has 1 aromatic carbocycles. The number of benzene rings is 1. The molecule has 2 heterocycles. The highest BCUT2D eigenvalue weighted by Gasteiger charge is 2.20. The third-order valence-electron chi connectivity index (χ3n) is 4.04. The molecule has 3 aromatic rings. The molecule has 0 bridgehead atoms. The Kier molecular flexibility index (Phi) is 6.40. The Balaban J connectivity index is 1.88. The van der Waals surface area contributed by atoms with Crippen molar-refractivity contribution in [3.8, 4) is 0 Å². The van der Waals surface area contributed by atoms with Gasteiger partial charge in [-0.25, -0.2) is 4.98 Å². The van der Waals surface area contributed by atoms with E-state index in [-0.39, 0.29) is 24.2 Å². The molecule has 8 nitrogen and oxygen atoms in total. The Morgan fingerprint density at radius 1 is 1.28 bits per heavy atom. The number of furan rings is 1. The molecule has 0 radical (unpaired) electrons. The summed E-state index contributed by atoms with van der Waals surface area (Å²) in [6.45, 7) is 1.89. The molecule has 1 amide bonds. The molecule has 0 unspecified atom stereocenters. The van der Waals surface area contributed by atoms with E-state index in [1.807, 2.05) is 24.3 Å². The maximum absolute atomic E-state index is 13.0. The summed E-state index contributed by atoms with van der Waals surface area (Å²) in [5, 5.41) is 3.18. The molecule has 0 saturated heterocycles. The molecule has 3 N–H and O–H groups in total. The molecule has 0 aliphatic heterocycles. The molecule has 0 saturated carbocycles. The maximum Gasteiger partial charge on any atom is 0.311 e. The third-order valence-corrected chi connectivity index (χ3v) is 4.99. The number of esters is 1. The maximum atomic E-state index is 13.0. The minimum atomic E-state index is -0.549. The topological polar surface area (TPSA) is 120 Å². The highest BCUT2D eigenvalue weighted by atomic mass is 32.1. The number of methoxy groups -OCH3 is 1. The van der Waals surface area contributed by atoms with Crippen molar-refractivity contribution in [1.82, 2.24) is 4.98 Å². The van der Waals surface area contributed by atoms with Crippen LogP contribution in [0.5, 0.6) is 0 Å². The zero-order valence-electron chi connectivity index (χ0n) is 16.0. The van der Waals surface area contributed by atoms with E-state index < -0.39 is 11.9 Å². The largest absolute Gasteiger partial charge is 0.469 e. The predicted molar refractivity (Wildman–Crippen MR) is 112 cm³/mol. The SMILES string of the molecule is COC(=O)CC(N)=C(C(=O)Nc1nc2ccccc2s1)C(C)=NCc1ccco1. The van der Waals surface area contributed by atoms with Crippen molar-refractivity contribution in [2.24, 2.45) is 10.7 Å². The number of nitrogens with zero attached hydrogens (tertiary/aromatic N) is 2. The van der Waals surface area contributed by atoms with Gasteiger partial charge in [0.05, 0.1) is 42.1 Å². The standard InChI is InChI=1S/C20H20N4O4S/c1-12(22-11-13-6-5-9-28-13)18(14(21)10-17(25)27-2)19(26)24-20-23-15-7-3-4-8-16(15)29-20/h3-9H,10-11,21H2,1-2H3,(H,23,24,26). The monoisotopic (exact) mass is 412 g/mol. The number of anilines is 1. The fraction of sp³-hybridized carbons (Fsp3) is 0.200. The lowest BCUT2D eigenvalue weighted by molar-refractivity contribution is -0.139. The summed E-state index contributed by atoms with van der Waals surface area (Å²) in [5.74, 6) is -0.403. The molecule has 0 aliphatic rings. The van der Waals surface area contributed by atoms with Gasteiger partial charge in [0.2, 0.25) is 0 Å². The second-order valence-electron chi connectivity index (χ2n) is 6.08. The van der Waals surface area contributed by atoms with Crippen molar-refractivity contribution in [2.75, 3.05) is 12.4 Å². The first kappa shape index (κ1) is 20.3. The van der Waals surface area contributed by atoms with Crippen LogP contribution in [0.4, 0.5) is 5.13 Å². The van der Waals surface area contributed by atoms with Gasteiger partial charge in [0, 0.05) is 11.4 Å². The van der Waals surface area contributed by atoms with E-state index in [2.05, 4.69) is 20.0 Å². The molecule has 0 fully saturated rings. The van der Waals surface area contributed by atoms with Gasteiger partial charge in [-0.3, -0.25) is 19.9 Å². The second-order valence-corrected chi connectivity index (χ2v) is 7.11. The van der Waals surface area contributed by atoms with Gasteiger partial charge in [-0.2, -0.15) is 0 Å². The number of ether oxygens (including phenoxy) is 1. The summed E-state index contributed by atoms with van der Waals surface area (Å²) in [4.78, 5) is 33.4. The molecule has 2 aromatic heterocycles. The molecule has 9 heteroatoms. The van der Waals surface area contributed by atoms with Gasteiger partial charge >= 0.3 is 5.97 Å². The van der Waals surface area contributed by atoms with Crippen LogP contribution < -0.4 is 11.1 Å². The number of carbonyl (C=O) groups excluding carboxylic acids is 2. The molecular weight excluding hydrogens is 392 g/mol. The summed E-state index contributed by atoms with van der Waals surface area (Å²) in [6, 6.07) is 11.1. The van der Waals surface area contributed by atoms with Crippen molar-refractivity contribution in [3.05, 3.63) is 59.7 Å². The van der Waals surface area contributed by atoms with Crippen LogP contribution in [0.1, 0.15) is 19.1 Å². The number of fused-ring (bicyclic) bond motifs is 1. The van der Waals surface area contributed by atoms with Crippen LogP contribution in [0.3, 0.4) is 0 Å². The van der Waals surface area contributed by atoms with Crippen LogP contribution in [-0.2, 0) is 20.9 Å². The molecule has 29 heavy (non-hydrogen) atoms. The third kappa shape index (κ3) is 5.08. The highest BCUT2D eigenvalue weighted by molar-refractivity contribution is 7.22. The Bertz CT molecular complexity index is 1050. The first-order chi connectivity index (χ1) is 14.0. The van der Waals surface area contributed by atoms with E-state index >= 15 is 0 Å². The van der Waals surface area contributed by atoms with E-state index in [0.29, 0.717) is 16.6 Å². The molecule has 0 aliphatic carbocycles. The summed E-state index contributed by atoms with van der Waals surface area (Å²) >= 11 is 1.34. The fourth-order valence-corrected chi connectivity index (χ4v) is 3.48. The zero-order chi connectivity index (χ0) is 20.8. The van der Waals surface area contributed by atoms with E-state index in [0.717, 1.165) is 10.2 Å². The Morgan fingerprint density at radius 2 is 2.07 bits per heavy atom. The average Bonchev–Trinajstić information content (AvgIpc) is 3.35. The molecule has 0 atom stereocenters. The fourth-order valence-electron chi connectivity index (χ4n) is 2.62. The average molecular weight is 412 g/mol. The van der Waals surface area contributed by atoms with Crippen molar-refractivity contribution < 1.29 is 18.7 Å². The number of nitrogens with one attached hydrogen (secondary N) is 1. The van der Waals surface area contributed by atoms with E-state index in [1.165, 1.54) is 18.4 Å². The van der Waals surface area contributed by atoms with E-state index in [9.17, 15) is 9.59 Å². The van der Waals surface area contributed by atoms with Gasteiger partial charge in [0.1, 0.15) is 5.76 Å². The van der Waals surface area contributed by atoms with E-state index in [4.69, 9.17) is 10.2 Å². The van der Waals surface area contributed by atoms with Crippen LogP contribution in [0.2, 0.25) is 0 Å². The van der Waals surface area contributed by atoms with Gasteiger partial charge in [-0.1, -0.05) is 23.5 Å². The van der Waals surface area contributed by atoms with Crippen LogP contribution in [0.25, 0.3) is 10.2 Å². The van der Waals surface area contributed by atoms with Gasteiger partial charge in [0.15, 0.2) is 5.13 Å². The second kappa shape index (κ2) is 9.16. The van der Waals surface area contributed by atoms with Crippen molar-refractivity contribution >= 4 is 44.3 Å². The number of carbonyl (C=O) groups is 2. The van der Waals surface area contributed by atoms with Gasteiger partial charge < -0.3 is 14.9 Å². The lowest BCUT2D eigenvalue weighted by atomic mass is 10.1. The van der Waals surface area contributed by atoms with E-state index in [1.54, 1.807) is 25.3 Å². The van der Waals surface area contributed by atoms with Crippen molar-refractivity contribution in [1.29, 1.82) is 0 Å². The van der Waals surface area contributed by atoms with Crippen LogP contribution in [0.15, 0.2) is 63.3 Å².